The zero-order valence-corrected chi connectivity index (χ0v) is 18.2. The summed E-state index contributed by atoms with van der Waals surface area (Å²) in [6, 6.07) is 10.0. The molecule has 0 aliphatic carbocycles. The van der Waals surface area contributed by atoms with Gasteiger partial charge in [-0.25, -0.2) is 0 Å². The van der Waals surface area contributed by atoms with E-state index in [0.29, 0.717) is 13.2 Å². The number of unbranched alkanes of at least 4 members (excludes halogenated alkanes) is 11. The van der Waals surface area contributed by atoms with Gasteiger partial charge in [-0.05, 0) is 12.0 Å². The second-order valence-corrected chi connectivity index (χ2v) is 8.43. The fourth-order valence-electron chi connectivity index (χ4n) is 3.67. The molecule has 0 aliphatic rings. The average Bonchev–Trinajstić information content (AvgIpc) is 2.74. The zero-order valence-electron chi connectivity index (χ0n) is 18.2. The van der Waals surface area contributed by atoms with E-state index < -0.39 is 5.41 Å². The van der Waals surface area contributed by atoms with Crippen LogP contribution >= 0.6 is 0 Å². The van der Waals surface area contributed by atoms with Crippen molar-refractivity contribution >= 4 is 0 Å². The molecule has 1 aromatic carbocycles. The van der Waals surface area contributed by atoms with Gasteiger partial charge in [0, 0.05) is 5.41 Å². The Hall–Kier alpha value is -0.900. The summed E-state index contributed by atoms with van der Waals surface area (Å²) in [5, 5.41) is 19.6. The molecule has 0 saturated heterocycles. The van der Waals surface area contributed by atoms with Gasteiger partial charge >= 0.3 is 0 Å². The summed E-state index contributed by atoms with van der Waals surface area (Å²) in [6.45, 7) is 3.17. The Morgan fingerprint density at radius 2 is 1.21 bits per heavy atom. The minimum atomic E-state index is -0.507. The number of ether oxygens (including phenoxy) is 1. The molecule has 0 fully saturated rings. The summed E-state index contributed by atoms with van der Waals surface area (Å²) in [5.74, 6) is 0. The van der Waals surface area contributed by atoms with Gasteiger partial charge in [0.15, 0.2) is 0 Å². The van der Waals surface area contributed by atoms with Gasteiger partial charge in [0.1, 0.15) is 0 Å². The van der Waals surface area contributed by atoms with Crippen LogP contribution in [-0.2, 0) is 11.3 Å². The molecule has 28 heavy (non-hydrogen) atoms. The molecule has 0 aromatic heterocycles. The number of benzene rings is 1. The first-order valence-electron chi connectivity index (χ1n) is 11.6. The molecule has 162 valence electrons. The molecule has 3 nitrogen and oxygen atoms in total. The molecule has 2 N–H and O–H groups in total. The lowest BCUT2D eigenvalue weighted by atomic mass is 9.84. The van der Waals surface area contributed by atoms with Crippen LogP contribution in [0.25, 0.3) is 0 Å². The second-order valence-electron chi connectivity index (χ2n) is 8.43. The van der Waals surface area contributed by atoms with Crippen molar-refractivity contribution in [3.05, 3.63) is 35.9 Å². The van der Waals surface area contributed by atoms with Crippen LogP contribution in [0.3, 0.4) is 0 Å². The van der Waals surface area contributed by atoms with Crippen molar-refractivity contribution in [3.8, 4) is 0 Å². The van der Waals surface area contributed by atoms with Crippen molar-refractivity contribution in [2.75, 3.05) is 19.8 Å². The molecule has 0 unspecified atom stereocenters. The largest absolute Gasteiger partial charge is 0.396 e. The topological polar surface area (TPSA) is 49.7 Å². The predicted molar refractivity (Wildman–Crippen MR) is 118 cm³/mol. The third-order valence-electron chi connectivity index (χ3n) is 5.75. The fourth-order valence-corrected chi connectivity index (χ4v) is 3.67. The van der Waals surface area contributed by atoms with E-state index in [4.69, 9.17) is 4.74 Å². The van der Waals surface area contributed by atoms with Gasteiger partial charge in [-0.3, -0.25) is 0 Å². The Morgan fingerprint density at radius 1 is 0.714 bits per heavy atom. The lowest BCUT2D eigenvalue weighted by Gasteiger charge is -2.29. The normalized spacial score (nSPS) is 11.8. The van der Waals surface area contributed by atoms with Crippen LogP contribution in [0, 0.1) is 5.41 Å². The molecule has 0 radical (unpaired) electrons. The molecule has 0 atom stereocenters. The summed E-state index contributed by atoms with van der Waals surface area (Å²) in [7, 11) is 0. The Morgan fingerprint density at radius 3 is 1.71 bits per heavy atom. The van der Waals surface area contributed by atoms with Crippen LogP contribution in [0.4, 0.5) is 0 Å². The summed E-state index contributed by atoms with van der Waals surface area (Å²) in [4.78, 5) is 0. The highest BCUT2D eigenvalue weighted by Gasteiger charge is 2.28. The first-order chi connectivity index (χ1) is 13.8. The second kappa shape index (κ2) is 17.0. The van der Waals surface area contributed by atoms with E-state index >= 15 is 0 Å². The van der Waals surface area contributed by atoms with Crippen molar-refractivity contribution < 1.29 is 14.9 Å². The van der Waals surface area contributed by atoms with Crippen LogP contribution in [0.2, 0.25) is 0 Å². The van der Waals surface area contributed by atoms with Crippen molar-refractivity contribution in [2.45, 2.75) is 97.0 Å². The molecule has 0 heterocycles. The minimum Gasteiger partial charge on any atom is -0.396 e. The maximum Gasteiger partial charge on any atom is 0.0717 e. The zero-order chi connectivity index (χ0) is 20.3. The molecule has 0 bridgehead atoms. The van der Waals surface area contributed by atoms with E-state index in [9.17, 15) is 10.2 Å². The number of aliphatic hydroxyl groups excluding tert-OH is 2. The Kier molecular flexibility index (Phi) is 15.3. The Labute approximate surface area is 173 Å². The van der Waals surface area contributed by atoms with Gasteiger partial charge in [-0.1, -0.05) is 114 Å². The SMILES string of the molecule is CCCCCCCCCCCCCCC(CO)(CO)COCc1ccccc1. The highest BCUT2D eigenvalue weighted by atomic mass is 16.5. The van der Waals surface area contributed by atoms with Gasteiger partial charge in [-0.2, -0.15) is 0 Å². The van der Waals surface area contributed by atoms with Gasteiger partial charge in [-0.15, -0.1) is 0 Å². The molecule has 3 heteroatoms. The summed E-state index contributed by atoms with van der Waals surface area (Å²) < 4.78 is 5.80. The molecular formula is C25H44O3. The standard InChI is InChI=1S/C25H44O3/c1-2-3-4-5-6-7-8-9-10-11-12-16-19-25(21-26,22-27)23-28-20-24-17-14-13-15-18-24/h13-15,17-18,26-27H,2-12,16,19-23H2,1H3. The number of rotatable bonds is 19. The smallest absolute Gasteiger partial charge is 0.0717 e. The summed E-state index contributed by atoms with van der Waals surface area (Å²) in [6.07, 6.45) is 16.7. The predicted octanol–water partition coefficient (Wildman–Crippen LogP) is 6.27. The first kappa shape index (κ1) is 25.1. The van der Waals surface area contributed by atoms with Crippen molar-refractivity contribution in [2.24, 2.45) is 5.41 Å². The molecule has 0 aliphatic heterocycles. The monoisotopic (exact) mass is 392 g/mol. The average molecular weight is 393 g/mol. The van der Waals surface area contributed by atoms with Gasteiger partial charge in [0.2, 0.25) is 0 Å². The third-order valence-corrected chi connectivity index (χ3v) is 5.75. The van der Waals surface area contributed by atoms with Crippen molar-refractivity contribution in [1.82, 2.24) is 0 Å². The maximum absolute atomic E-state index is 9.81. The molecule has 0 spiro atoms. The molecule has 1 rings (SSSR count). The summed E-state index contributed by atoms with van der Waals surface area (Å²) >= 11 is 0. The van der Waals surface area contributed by atoms with Crippen LogP contribution in [0.15, 0.2) is 30.3 Å². The van der Waals surface area contributed by atoms with Crippen LogP contribution in [-0.4, -0.2) is 30.0 Å². The number of hydrogen-bond acceptors (Lipinski definition) is 3. The number of hydrogen-bond donors (Lipinski definition) is 2. The van der Waals surface area contributed by atoms with E-state index in [0.717, 1.165) is 18.4 Å². The highest BCUT2D eigenvalue weighted by Crippen LogP contribution is 2.26. The fraction of sp³-hybridized carbons (Fsp3) is 0.760. The Bertz CT molecular complexity index is 442. The molecule has 0 amide bonds. The maximum atomic E-state index is 9.81. The van der Waals surface area contributed by atoms with Crippen molar-refractivity contribution in [1.29, 1.82) is 0 Å². The lowest BCUT2D eigenvalue weighted by molar-refractivity contribution is -0.0394. The molecule has 1 aromatic rings. The molecular weight excluding hydrogens is 348 g/mol. The van der Waals surface area contributed by atoms with E-state index in [1.54, 1.807) is 0 Å². The van der Waals surface area contributed by atoms with Crippen molar-refractivity contribution in [3.63, 3.8) is 0 Å². The summed E-state index contributed by atoms with van der Waals surface area (Å²) in [5.41, 5.74) is 0.616. The van der Waals surface area contributed by atoms with E-state index in [-0.39, 0.29) is 13.2 Å². The highest BCUT2D eigenvalue weighted by molar-refractivity contribution is 5.13. The van der Waals surface area contributed by atoms with Gasteiger partial charge in [0.05, 0.1) is 26.4 Å². The van der Waals surface area contributed by atoms with E-state index in [1.165, 1.54) is 70.6 Å². The molecule has 0 saturated carbocycles. The first-order valence-corrected chi connectivity index (χ1v) is 11.6. The van der Waals surface area contributed by atoms with E-state index in [1.807, 2.05) is 30.3 Å². The van der Waals surface area contributed by atoms with E-state index in [2.05, 4.69) is 6.92 Å². The van der Waals surface area contributed by atoms with Gasteiger partial charge in [0.25, 0.3) is 0 Å². The van der Waals surface area contributed by atoms with Crippen LogP contribution in [0.5, 0.6) is 0 Å². The Balaban J connectivity index is 2.06. The van der Waals surface area contributed by atoms with Crippen LogP contribution in [0.1, 0.15) is 96.0 Å². The lowest BCUT2D eigenvalue weighted by Crippen LogP contribution is -2.35. The van der Waals surface area contributed by atoms with Gasteiger partial charge < -0.3 is 14.9 Å². The minimum absolute atomic E-state index is 0.0175. The number of aliphatic hydroxyl groups is 2. The quantitative estimate of drug-likeness (QED) is 0.273. The van der Waals surface area contributed by atoms with Crippen LogP contribution < -0.4 is 0 Å². The third kappa shape index (κ3) is 11.8.